The average molecular weight is 426 g/mol. The maximum Gasteiger partial charge on any atom is 0.342 e. The van der Waals surface area contributed by atoms with E-state index < -0.39 is 6.03 Å². The van der Waals surface area contributed by atoms with Crippen LogP contribution in [0.4, 0.5) is 10.5 Å². The third-order valence-corrected chi connectivity index (χ3v) is 6.60. The van der Waals surface area contributed by atoms with E-state index in [4.69, 9.17) is 0 Å². The molecule has 0 spiro atoms. The molecule has 3 aliphatic heterocycles. The van der Waals surface area contributed by atoms with Gasteiger partial charge < -0.3 is 4.90 Å². The number of hydrogen-bond donors (Lipinski definition) is 1. The van der Waals surface area contributed by atoms with Crippen LogP contribution in [0.25, 0.3) is 0 Å². The Morgan fingerprint density at radius 1 is 0.967 bits per heavy atom. The number of rotatable bonds is 4. The minimum Gasteiger partial charge on any atom is -0.368 e. The number of urea groups is 1. The summed E-state index contributed by atoms with van der Waals surface area (Å²) < 4.78 is 0. The third kappa shape index (κ3) is 3.54. The van der Waals surface area contributed by atoms with Crippen LogP contribution in [0.5, 0.6) is 0 Å². The second-order valence-electron chi connectivity index (χ2n) is 7.83. The largest absolute Gasteiger partial charge is 0.368 e. The van der Waals surface area contributed by atoms with E-state index in [9.17, 15) is 14.4 Å². The molecule has 4 amide bonds. The molecule has 2 saturated heterocycles. The van der Waals surface area contributed by atoms with Gasteiger partial charge in [0.1, 0.15) is 0 Å². The zero-order valence-corrected chi connectivity index (χ0v) is 17.4. The summed E-state index contributed by atoms with van der Waals surface area (Å²) in [5, 5.41) is 9.36. The number of nitrogens with one attached hydrogen (secondary N) is 1. The van der Waals surface area contributed by atoms with Crippen LogP contribution in [0.2, 0.25) is 0 Å². The molecule has 0 saturated carbocycles. The summed E-state index contributed by atoms with van der Waals surface area (Å²) in [6, 6.07) is 7.58. The standard InChI is InChI=1S/C21H23N5O3S/c27-19-3-5-25(21(29)22-19)26-13-16-11-15(1-2-18(16)20(26)28)12-23-6-8-24(9-7-23)17-4-10-30-14-17/h1-2,4,10-11,14H,3,5-9,12-13H2,(H,22,27,29). The van der Waals surface area contributed by atoms with E-state index in [1.165, 1.54) is 21.3 Å². The first-order chi connectivity index (χ1) is 14.6. The van der Waals surface area contributed by atoms with Gasteiger partial charge in [0.15, 0.2) is 0 Å². The smallest absolute Gasteiger partial charge is 0.342 e. The molecule has 5 rings (SSSR count). The highest BCUT2D eigenvalue weighted by Gasteiger charge is 2.36. The zero-order valence-electron chi connectivity index (χ0n) is 16.5. The molecule has 0 atom stereocenters. The molecule has 1 N–H and O–H groups in total. The Labute approximate surface area is 178 Å². The molecular weight excluding hydrogens is 402 g/mol. The molecule has 4 heterocycles. The van der Waals surface area contributed by atoms with Crippen molar-refractivity contribution in [1.82, 2.24) is 20.2 Å². The zero-order chi connectivity index (χ0) is 20.7. The highest BCUT2D eigenvalue weighted by atomic mass is 32.1. The van der Waals surface area contributed by atoms with Crippen LogP contribution < -0.4 is 10.2 Å². The Morgan fingerprint density at radius 2 is 1.80 bits per heavy atom. The van der Waals surface area contributed by atoms with Gasteiger partial charge in [-0.2, -0.15) is 11.3 Å². The second-order valence-corrected chi connectivity index (χ2v) is 8.61. The molecule has 8 nitrogen and oxygen atoms in total. The van der Waals surface area contributed by atoms with E-state index in [1.807, 2.05) is 12.1 Å². The van der Waals surface area contributed by atoms with Crippen LogP contribution in [0.1, 0.15) is 27.9 Å². The monoisotopic (exact) mass is 425 g/mol. The molecule has 156 valence electrons. The topological polar surface area (TPSA) is 76.2 Å². The Kier molecular flexibility index (Phi) is 4.92. The predicted octanol–water partition coefficient (Wildman–Crippen LogP) is 1.88. The summed E-state index contributed by atoms with van der Waals surface area (Å²) in [4.78, 5) is 41.1. The van der Waals surface area contributed by atoms with E-state index >= 15 is 0 Å². The Balaban J connectivity index is 1.23. The Morgan fingerprint density at radius 3 is 2.53 bits per heavy atom. The number of hydrazine groups is 1. The maximum absolute atomic E-state index is 12.8. The number of imide groups is 1. The van der Waals surface area contributed by atoms with E-state index in [1.54, 1.807) is 11.3 Å². The molecule has 30 heavy (non-hydrogen) atoms. The molecule has 2 fully saturated rings. The van der Waals surface area contributed by atoms with E-state index in [0.717, 1.165) is 38.3 Å². The number of carbonyl (C=O) groups excluding carboxylic acids is 3. The van der Waals surface area contributed by atoms with Gasteiger partial charge in [0.05, 0.1) is 13.1 Å². The molecule has 0 bridgehead atoms. The first-order valence-corrected chi connectivity index (χ1v) is 11.1. The fourth-order valence-corrected chi connectivity index (χ4v) is 4.96. The lowest BCUT2D eigenvalue weighted by Crippen LogP contribution is -2.56. The summed E-state index contributed by atoms with van der Waals surface area (Å²) in [5.41, 5.74) is 4.04. The molecule has 9 heteroatoms. The first kappa shape index (κ1) is 19.1. The lowest BCUT2D eigenvalue weighted by atomic mass is 10.1. The number of fused-ring (bicyclic) bond motifs is 1. The lowest BCUT2D eigenvalue weighted by Gasteiger charge is -2.35. The summed E-state index contributed by atoms with van der Waals surface area (Å²) in [5.74, 6) is -0.493. The fraction of sp³-hybridized carbons (Fsp3) is 0.381. The van der Waals surface area contributed by atoms with Gasteiger partial charge in [-0.3, -0.25) is 19.8 Å². The van der Waals surface area contributed by atoms with Crippen molar-refractivity contribution in [2.45, 2.75) is 19.5 Å². The minimum atomic E-state index is -0.531. The highest BCUT2D eigenvalue weighted by Crippen LogP contribution is 2.27. The molecular formula is C21H23N5O3S. The van der Waals surface area contributed by atoms with Gasteiger partial charge in [-0.25, -0.2) is 14.8 Å². The van der Waals surface area contributed by atoms with E-state index in [0.29, 0.717) is 12.1 Å². The van der Waals surface area contributed by atoms with Crippen LogP contribution in [0.15, 0.2) is 35.0 Å². The van der Waals surface area contributed by atoms with Gasteiger partial charge in [0.2, 0.25) is 5.91 Å². The normalized spacial score (nSPS) is 20.0. The van der Waals surface area contributed by atoms with Crippen molar-refractivity contribution in [1.29, 1.82) is 0 Å². The van der Waals surface area contributed by atoms with Crippen LogP contribution in [-0.2, 0) is 17.9 Å². The average Bonchev–Trinajstić information content (AvgIpc) is 3.37. The van der Waals surface area contributed by atoms with Crippen LogP contribution in [0, 0.1) is 0 Å². The van der Waals surface area contributed by atoms with Crippen LogP contribution >= 0.6 is 11.3 Å². The Bertz CT molecular complexity index is 985. The summed E-state index contributed by atoms with van der Waals surface area (Å²) >= 11 is 1.73. The summed E-state index contributed by atoms with van der Waals surface area (Å²) in [6.07, 6.45) is 0.203. The molecule has 0 aliphatic carbocycles. The number of piperazine rings is 1. The molecule has 2 aromatic rings. The fourth-order valence-electron chi connectivity index (χ4n) is 4.30. The van der Waals surface area contributed by atoms with Crippen molar-refractivity contribution in [2.24, 2.45) is 0 Å². The number of benzene rings is 1. The minimum absolute atomic E-state index is 0.189. The molecule has 3 aliphatic rings. The quantitative estimate of drug-likeness (QED) is 0.810. The molecule has 1 aromatic heterocycles. The van der Waals surface area contributed by atoms with Gasteiger partial charge in [0, 0.05) is 55.8 Å². The predicted molar refractivity (Wildman–Crippen MR) is 113 cm³/mol. The molecule has 0 unspecified atom stereocenters. The number of nitrogens with zero attached hydrogens (tertiary/aromatic N) is 4. The van der Waals surface area contributed by atoms with Gasteiger partial charge in [-0.05, 0) is 28.6 Å². The SMILES string of the molecule is O=C1CCN(N2Cc3cc(CN4CCN(c5ccsc5)CC4)ccc3C2=O)C(=O)N1. The van der Waals surface area contributed by atoms with Crippen molar-refractivity contribution in [3.8, 4) is 0 Å². The number of carbonyl (C=O) groups is 3. The third-order valence-electron chi connectivity index (χ3n) is 5.93. The number of anilines is 1. The lowest BCUT2D eigenvalue weighted by molar-refractivity contribution is -0.123. The van der Waals surface area contributed by atoms with Gasteiger partial charge in [-0.1, -0.05) is 12.1 Å². The summed E-state index contributed by atoms with van der Waals surface area (Å²) in [6.45, 7) is 5.45. The number of hydrogen-bond acceptors (Lipinski definition) is 6. The van der Waals surface area contributed by atoms with Crippen molar-refractivity contribution < 1.29 is 14.4 Å². The Hall–Kier alpha value is -2.91. The van der Waals surface area contributed by atoms with Gasteiger partial charge in [-0.15, -0.1) is 0 Å². The van der Waals surface area contributed by atoms with Crippen molar-refractivity contribution in [3.05, 3.63) is 51.7 Å². The van der Waals surface area contributed by atoms with E-state index in [-0.39, 0.29) is 24.8 Å². The van der Waals surface area contributed by atoms with Crippen molar-refractivity contribution >= 4 is 34.9 Å². The van der Waals surface area contributed by atoms with E-state index in [2.05, 4.69) is 38.0 Å². The maximum atomic E-state index is 12.8. The number of thiophene rings is 1. The second kappa shape index (κ2) is 7.73. The van der Waals surface area contributed by atoms with Crippen LogP contribution in [-0.4, -0.2) is 65.5 Å². The molecule has 1 aromatic carbocycles. The molecule has 0 radical (unpaired) electrons. The van der Waals surface area contributed by atoms with Gasteiger partial charge >= 0.3 is 6.03 Å². The van der Waals surface area contributed by atoms with Crippen molar-refractivity contribution in [3.63, 3.8) is 0 Å². The number of amides is 4. The van der Waals surface area contributed by atoms with Crippen molar-refractivity contribution in [2.75, 3.05) is 37.6 Å². The summed E-state index contributed by atoms with van der Waals surface area (Å²) in [7, 11) is 0. The highest BCUT2D eigenvalue weighted by molar-refractivity contribution is 7.08. The van der Waals surface area contributed by atoms with Crippen LogP contribution in [0.3, 0.4) is 0 Å². The van der Waals surface area contributed by atoms with Gasteiger partial charge in [0.25, 0.3) is 5.91 Å². The first-order valence-electron chi connectivity index (χ1n) is 10.1.